The highest BCUT2D eigenvalue weighted by molar-refractivity contribution is 7.13. The van der Waals surface area contributed by atoms with Gasteiger partial charge in [-0.2, -0.15) is 4.98 Å². The third-order valence-electron chi connectivity index (χ3n) is 5.10. The fraction of sp³-hybridized carbons (Fsp3) is 0.400. The summed E-state index contributed by atoms with van der Waals surface area (Å²) in [6.45, 7) is 5.82. The summed E-state index contributed by atoms with van der Waals surface area (Å²) in [7, 11) is 0. The molecule has 10 heteroatoms. The number of hydrogen-bond donors (Lipinski definition) is 0. The highest BCUT2D eigenvalue weighted by Gasteiger charge is 2.19. The van der Waals surface area contributed by atoms with E-state index >= 15 is 0 Å². The summed E-state index contributed by atoms with van der Waals surface area (Å²) >= 11 is 3.24. The first-order valence-corrected chi connectivity index (χ1v) is 11.8. The summed E-state index contributed by atoms with van der Waals surface area (Å²) in [5.74, 6) is 2.71. The molecule has 4 aromatic heterocycles. The molecular weight excluding hydrogens is 420 g/mol. The standard InChI is InChI=1S/C20H22N6O2S2/c1(6-17-21-19(24-28-17)15-4-2-12-29-15)7-25-8-10-26(11-9-25)14-18-22-23-20(27-18)16-5-3-13-30-16/h2-5,12-13H,1,6-11,14H2. The molecule has 0 spiro atoms. The van der Waals surface area contributed by atoms with Gasteiger partial charge in [0.25, 0.3) is 5.89 Å². The minimum atomic E-state index is 0.613. The molecule has 30 heavy (non-hydrogen) atoms. The molecule has 1 saturated heterocycles. The number of nitrogens with zero attached hydrogens (tertiary/aromatic N) is 6. The molecule has 8 nitrogen and oxygen atoms in total. The first-order chi connectivity index (χ1) is 14.8. The van der Waals surface area contributed by atoms with Crippen LogP contribution in [0.3, 0.4) is 0 Å². The van der Waals surface area contributed by atoms with Crippen molar-refractivity contribution in [1.29, 1.82) is 0 Å². The number of hydrogen-bond acceptors (Lipinski definition) is 10. The maximum absolute atomic E-state index is 5.81. The van der Waals surface area contributed by atoms with Crippen LogP contribution in [0.15, 0.2) is 44.0 Å². The van der Waals surface area contributed by atoms with Gasteiger partial charge in [0.1, 0.15) is 0 Å². The van der Waals surface area contributed by atoms with Crippen LogP contribution in [-0.4, -0.2) is 62.9 Å². The van der Waals surface area contributed by atoms with Crippen LogP contribution in [0.2, 0.25) is 0 Å². The van der Waals surface area contributed by atoms with Crippen molar-refractivity contribution in [2.45, 2.75) is 19.4 Å². The zero-order chi connectivity index (χ0) is 20.2. The fourth-order valence-corrected chi connectivity index (χ4v) is 4.79. The summed E-state index contributed by atoms with van der Waals surface area (Å²) < 4.78 is 11.2. The van der Waals surface area contributed by atoms with Gasteiger partial charge < -0.3 is 13.8 Å². The molecule has 0 unspecified atom stereocenters. The summed E-state index contributed by atoms with van der Waals surface area (Å²) in [5, 5.41) is 16.5. The van der Waals surface area contributed by atoms with Crippen LogP contribution in [-0.2, 0) is 13.0 Å². The largest absolute Gasteiger partial charge is 0.419 e. The molecule has 0 atom stereocenters. The Labute approximate surface area is 182 Å². The van der Waals surface area contributed by atoms with E-state index in [1.54, 1.807) is 22.7 Å². The van der Waals surface area contributed by atoms with Crippen LogP contribution in [0, 0.1) is 0 Å². The van der Waals surface area contributed by atoms with Gasteiger partial charge in [0.2, 0.25) is 17.6 Å². The second kappa shape index (κ2) is 9.17. The fourth-order valence-electron chi connectivity index (χ4n) is 3.50. The normalized spacial score (nSPS) is 15.7. The van der Waals surface area contributed by atoms with Gasteiger partial charge in [0.05, 0.1) is 16.3 Å². The van der Waals surface area contributed by atoms with E-state index in [1.807, 2.05) is 35.0 Å². The lowest BCUT2D eigenvalue weighted by Gasteiger charge is -2.33. The van der Waals surface area contributed by atoms with E-state index < -0.39 is 0 Å². The molecule has 156 valence electrons. The van der Waals surface area contributed by atoms with E-state index in [0.29, 0.717) is 24.2 Å². The monoisotopic (exact) mass is 442 g/mol. The Kier molecular flexibility index (Phi) is 5.98. The highest BCUT2D eigenvalue weighted by atomic mass is 32.1. The summed E-state index contributed by atoms with van der Waals surface area (Å²) in [5.41, 5.74) is 0. The lowest BCUT2D eigenvalue weighted by atomic mass is 10.2. The van der Waals surface area contributed by atoms with Crippen molar-refractivity contribution in [2.75, 3.05) is 32.7 Å². The molecule has 5 rings (SSSR count). The second-order valence-electron chi connectivity index (χ2n) is 7.19. The predicted octanol–water partition coefficient (Wildman–Crippen LogP) is 3.66. The van der Waals surface area contributed by atoms with E-state index in [0.717, 1.165) is 61.2 Å². The maximum atomic E-state index is 5.81. The molecule has 0 amide bonds. The van der Waals surface area contributed by atoms with E-state index in [9.17, 15) is 0 Å². The van der Waals surface area contributed by atoms with Gasteiger partial charge in [0, 0.05) is 32.6 Å². The van der Waals surface area contributed by atoms with Crippen molar-refractivity contribution in [3.63, 3.8) is 0 Å². The van der Waals surface area contributed by atoms with Crippen molar-refractivity contribution >= 4 is 22.7 Å². The molecule has 4 aromatic rings. The van der Waals surface area contributed by atoms with Crippen LogP contribution < -0.4 is 0 Å². The first-order valence-electron chi connectivity index (χ1n) is 10.0. The Bertz CT molecular complexity index is 1040. The van der Waals surface area contributed by atoms with Gasteiger partial charge in [-0.3, -0.25) is 4.90 Å². The van der Waals surface area contributed by atoms with Gasteiger partial charge >= 0.3 is 0 Å². The quantitative estimate of drug-likeness (QED) is 0.409. The molecule has 0 bridgehead atoms. The lowest BCUT2D eigenvalue weighted by Crippen LogP contribution is -2.46. The molecule has 1 aliphatic rings. The van der Waals surface area contributed by atoms with E-state index in [1.165, 1.54) is 0 Å². The number of aromatic nitrogens is 4. The molecule has 0 radical (unpaired) electrons. The van der Waals surface area contributed by atoms with Gasteiger partial charge in [0.15, 0.2) is 0 Å². The maximum Gasteiger partial charge on any atom is 0.257 e. The van der Waals surface area contributed by atoms with Crippen molar-refractivity contribution in [1.82, 2.24) is 30.1 Å². The van der Waals surface area contributed by atoms with Gasteiger partial charge in [-0.15, -0.1) is 32.9 Å². The summed E-state index contributed by atoms with van der Waals surface area (Å²) in [6, 6.07) is 8.00. The zero-order valence-electron chi connectivity index (χ0n) is 16.4. The summed E-state index contributed by atoms with van der Waals surface area (Å²) in [6.07, 6.45) is 1.83. The average Bonchev–Trinajstić information content (AvgIpc) is 3.56. The minimum Gasteiger partial charge on any atom is -0.419 e. The Morgan fingerprint density at radius 1 is 0.900 bits per heavy atom. The molecule has 5 heterocycles. The van der Waals surface area contributed by atoms with E-state index in [2.05, 4.69) is 30.1 Å². The number of piperazine rings is 1. The second-order valence-corrected chi connectivity index (χ2v) is 9.08. The molecule has 1 aliphatic heterocycles. The molecule has 0 aromatic carbocycles. The predicted molar refractivity (Wildman–Crippen MR) is 115 cm³/mol. The smallest absolute Gasteiger partial charge is 0.257 e. The molecule has 0 saturated carbocycles. The number of thiophene rings is 2. The third kappa shape index (κ3) is 4.67. The third-order valence-corrected chi connectivity index (χ3v) is 6.82. The van der Waals surface area contributed by atoms with Gasteiger partial charge in [-0.1, -0.05) is 17.3 Å². The first kappa shape index (κ1) is 19.6. The van der Waals surface area contributed by atoms with Crippen molar-refractivity contribution in [3.05, 3.63) is 46.8 Å². The van der Waals surface area contributed by atoms with E-state index in [-0.39, 0.29) is 0 Å². The van der Waals surface area contributed by atoms with Crippen molar-refractivity contribution < 1.29 is 8.94 Å². The molecule has 0 N–H and O–H groups in total. The lowest BCUT2D eigenvalue weighted by molar-refractivity contribution is 0.118. The molecule has 0 aliphatic carbocycles. The molecule has 1 fully saturated rings. The summed E-state index contributed by atoms with van der Waals surface area (Å²) in [4.78, 5) is 11.4. The Hall–Kier alpha value is -2.40. The Morgan fingerprint density at radius 3 is 2.43 bits per heavy atom. The van der Waals surface area contributed by atoms with Crippen molar-refractivity contribution in [3.8, 4) is 21.5 Å². The van der Waals surface area contributed by atoms with E-state index in [4.69, 9.17) is 8.94 Å². The van der Waals surface area contributed by atoms with Crippen LogP contribution in [0.25, 0.3) is 21.5 Å². The number of rotatable bonds is 8. The van der Waals surface area contributed by atoms with Crippen LogP contribution in [0.4, 0.5) is 0 Å². The Morgan fingerprint density at radius 2 is 1.67 bits per heavy atom. The highest BCUT2D eigenvalue weighted by Crippen LogP contribution is 2.24. The number of aryl methyl sites for hydroxylation is 1. The Balaban J connectivity index is 1.04. The minimum absolute atomic E-state index is 0.613. The topological polar surface area (TPSA) is 84.3 Å². The van der Waals surface area contributed by atoms with Gasteiger partial charge in [-0.25, -0.2) is 0 Å². The van der Waals surface area contributed by atoms with Crippen molar-refractivity contribution in [2.24, 2.45) is 0 Å². The zero-order valence-corrected chi connectivity index (χ0v) is 18.1. The van der Waals surface area contributed by atoms with Gasteiger partial charge in [-0.05, 0) is 35.9 Å². The molecular formula is C20H22N6O2S2. The van der Waals surface area contributed by atoms with Crippen LogP contribution in [0.1, 0.15) is 18.2 Å². The van der Waals surface area contributed by atoms with Crippen LogP contribution in [0.5, 0.6) is 0 Å². The van der Waals surface area contributed by atoms with Crippen LogP contribution >= 0.6 is 22.7 Å². The SMILES string of the molecule is c1csc(-c2noc(CCCN3CCN(Cc4nnc(-c5cccs5)o4)CC3)n2)c1. The average molecular weight is 443 g/mol.